The summed E-state index contributed by atoms with van der Waals surface area (Å²) >= 11 is 5.95. The Balaban J connectivity index is 0.00000141. The fraction of sp³-hybridized carbons (Fsp3) is 0.174. The number of imidazole rings is 1. The van der Waals surface area contributed by atoms with Gasteiger partial charge in [0, 0.05) is 29.7 Å². The van der Waals surface area contributed by atoms with E-state index >= 15 is 0 Å². The van der Waals surface area contributed by atoms with Crippen LogP contribution in [0.25, 0.3) is 28.2 Å². The molecule has 0 amide bonds. The van der Waals surface area contributed by atoms with Crippen LogP contribution in [0.2, 0.25) is 0 Å². The van der Waals surface area contributed by atoms with E-state index in [4.69, 9.17) is 38.9 Å². The average molecular weight is 451 g/mol. The molecule has 0 fully saturated rings. The van der Waals surface area contributed by atoms with Crippen molar-refractivity contribution in [1.82, 2.24) is 19.5 Å². The molecule has 0 spiro atoms. The Morgan fingerprint density at radius 2 is 1.81 bits per heavy atom. The van der Waals surface area contributed by atoms with Crippen molar-refractivity contribution in [3.8, 4) is 17.1 Å². The third-order valence-electron chi connectivity index (χ3n) is 4.53. The van der Waals surface area contributed by atoms with Crippen molar-refractivity contribution in [2.75, 3.05) is 10.7 Å². The predicted molar refractivity (Wildman–Crippen MR) is 132 cm³/mol. The molecule has 0 saturated carbocycles. The second-order valence-corrected chi connectivity index (χ2v) is 7.07. The topological polar surface area (TPSA) is 125 Å². The Kier molecular flexibility index (Phi) is 7.29. The number of halogens is 1. The third kappa shape index (κ3) is 4.66. The highest BCUT2D eigenvalue weighted by Gasteiger charge is 2.19. The van der Waals surface area contributed by atoms with Gasteiger partial charge >= 0.3 is 0 Å². The van der Waals surface area contributed by atoms with Gasteiger partial charge in [-0.15, -0.1) is 11.6 Å². The summed E-state index contributed by atoms with van der Waals surface area (Å²) in [6, 6.07) is 15.2. The zero-order chi connectivity index (χ0) is 23.3. The van der Waals surface area contributed by atoms with Gasteiger partial charge in [0.25, 0.3) is 0 Å². The van der Waals surface area contributed by atoms with Gasteiger partial charge in [-0.3, -0.25) is 9.58 Å². The number of rotatable bonds is 5. The van der Waals surface area contributed by atoms with Crippen molar-refractivity contribution in [1.29, 1.82) is 0 Å². The molecule has 6 N–H and O–H groups in total. The number of pyridine rings is 2. The van der Waals surface area contributed by atoms with Gasteiger partial charge in [-0.25, -0.2) is 20.8 Å². The standard InChI is InChI=1S/C21H21ClN8.C2H6/c1-13(23)12-29(25)18-9-8-17-21(28-18)30(15-6-4-14(11-22)5-7-15)20(27-17)16-3-2-10-26-19(16)24;1-2/h2-10,12H,11,23,25H2,1H3,(H2,24,26);1-2H3/b13-12-;. The number of fused-ring (bicyclic) bond motifs is 1. The molecule has 0 aliphatic carbocycles. The second kappa shape index (κ2) is 10.1. The summed E-state index contributed by atoms with van der Waals surface area (Å²) in [4.78, 5) is 13.7. The summed E-state index contributed by atoms with van der Waals surface area (Å²) in [5.41, 5.74) is 16.4. The Bertz CT molecular complexity index is 1230. The molecule has 32 heavy (non-hydrogen) atoms. The first kappa shape index (κ1) is 23.1. The number of aromatic nitrogens is 4. The zero-order valence-electron chi connectivity index (χ0n) is 18.3. The SMILES string of the molecule is C/C(N)=C/N(N)c1ccc2nc(-c3cccnc3N)n(-c3ccc(CCl)cc3)c2n1.CC. The third-order valence-corrected chi connectivity index (χ3v) is 4.83. The summed E-state index contributed by atoms with van der Waals surface area (Å²) in [6.45, 7) is 5.75. The fourth-order valence-electron chi connectivity index (χ4n) is 3.14. The van der Waals surface area contributed by atoms with Crippen LogP contribution in [0.15, 0.2) is 66.6 Å². The van der Waals surface area contributed by atoms with Crippen molar-refractivity contribution < 1.29 is 0 Å². The van der Waals surface area contributed by atoms with E-state index in [9.17, 15) is 0 Å². The lowest BCUT2D eigenvalue weighted by Crippen LogP contribution is -2.26. The van der Waals surface area contributed by atoms with Crippen molar-refractivity contribution in [2.45, 2.75) is 26.7 Å². The number of nitrogen functional groups attached to an aromatic ring is 1. The number of hydrogen-bond donors (Lipinski definition) is 3. The first-order valence-corrected chi connectivity index (χ1v) is 10.7. The Hall–Kier alpha value is -3.62. The van der Waals surface area contributed by atoms with E-state index in [2.05, 4.69) is 4.98 Å². The van der Waals surface area contributed by atoms with Crippen molar-refractivity contribution >= 4 is 34.4 Å². The van der Waals surface area contributed by atoms with E-state index < -0.39 is 0 Å². The molecule has 4 aromatic rings. The molecular weight excluding hydrogens is 424 g/mol. The molecule has 0 atom stereocenters. The van der Waals surface area contributed by atoms with E-state index in [1.165, 1.54) is 5.01 Å². The van der Waals surface area contributed by atoms with E-state index in [-0.39, 0.29) is 0 Å². The highest BCUT2D eigenvalue weighted by Crippen LogP contribution is 2.31. The molecule has 8 nitrogen and oxygen atoms in total. The summed E-state index contributed by atoms with van der Waals surface area (Å²) in [5, 5.41) is 1.38. The molecule has 1 aromatic carbocycles. The minimum atomic E-state index is 0.383. The van der Waals surface area contributed by atoms with Crippen LogP contribution in [0.4, 0.5) is 11.6 Å². The Labute approximate surface area is 192 Å². The monoisotopic (exact) mass is 450 g/mol. The Morgan fingerprint density at radius 1 is 1.09 bits per heavy atom. The molecule has 0 radical (unpaired) electrons. The fourth-order valence-corrected chi connectivity index (χ4v) is 3.32. The van der Waals surface area contributed by atoms with Gasteiger partial charge in [0.05, 0.1) is 5.56 Å². The molecule has 0 saturated heterocycles. The summed E-state index contributed by atoms with van der Waals surface area (Å²) < 4.78 is 1.93. The van der Waals surface area contributed by atoms with Crippen LogP contribution >= 0.6 is 11.6 Å². The number of alkyl halides is 1. The number of benzene rings is 1. The number of anilines is 2. The quantitative estimate of drug-likeness (QED) is 0.234. The molecular formula is C23H27ClN8. The zero-order valence-corrected chi connectivity index (χ0v) is 19.1. The molecule has 3 aromatic heterocycles. The van der Waals surface area contributed by atoms with E-state index in [0.29, 0.717) is 45.8 Å². The van der Waals surface area contributed by atoms with Gasteiger partial charge in [0.15, 0.2) is 11.5 Å². The van der Waals surface area contributed by atoms with Crippen LogP contribution in [0.1, 0.15) is 26.3 Å². The molecule has 166 valence electrons. The number of hydrogen-bond acceptors (Lipinski definition) is 7. The summed E-state index contributed by atoms with van der Waals surface area (Å²) in [5.74, 6) is 8.07. The lowest BCUT2D eigenvalue weighted by Gasteiger charge is -2.14. The molecule has 0 bridgehead atoms. The maximum atomic E-state index is 6.15. The van der Waals surface area contributed by atoms with E-state index in [0.717, 1.165) is 11.3 Å². The Morgan fingerprint density at radius 3 is 2.44 bits per heavy atom. The number of nitrogens with zero attached hydrogens (tertiary/aromatic N) is 5. The lowest BCUT2D eigenvalue weighted by molar-refractivity contribution is 1.00. The maximum Gasteiger partial charge on any atom is 0.167 e. The molecule has 0 unspecified atom stereocenters. The minimum Gasteiger partial charge on any atom is -0.401 e. The molecule has 4 rings (SSSR count). The highest BCUT2D eigenvalue weighted by atomic mass is 35.5. The maximum absolute atomic E-state index is 6.15. The van der Waals surface area contributed by atoms with Crippen molar-refractivity contribution in [3.05, 3.63) is 72.2 Å². The number of allylic oxidation sites excluding steroid dienone is 1. The van der Waals surface area contributed by atoms with Crippen LogP contribution < -0.4 is 22.3 Å². The van der Waals surface area contributed by atoms with E-state index in [1.807, 2.05) is 60.9 Å². The number of hydrazine groups is 1. The predicted octanol–water partition coefficient (Wildman–Crippen LogP) is 4.33. The lowest BCUT2D eigenvalue weighted by atomic mass is 10.2. The molecule has 0 aliphatic rings. The minimum absolute atomic E-state index is 0.383. The first-order valence-electron chi connectivity index (χ1n) is 10.2. The smallest absolute Gasteiger partial charge is 0.167 e. The van der Waals surface area contributed by atoms with Gasteiger partial charge < -0.3 is 11.5 Å². The van der Waals surface area contributed by atoms with Gasteiger partial charge in [-0.1, -0.05) is 26.0 Å². The van der Waals surface area contributed by atoms with Crippen LogP contribution in [0.3, 0.4) is 0 Å². The van der Waals surface area contributed by atoms with Gasteiger partial charge in [0.1, 0.15) is 17.2 Å². The highest BCUT2D eigenvalue weighted by molar-refractivity contribution is 6.17. The van der Waals surface area contributed by atoms with Crippen LogP contribution in [0, 0.1) is 0 Å². The van der Waals surface area contributed by atoms with Crippen molar-refractivity contribution in [2.24, 2.45) is 11.6 Å². The molecule has 0 aliphatic heterocycles. The largest absolute Gasteiger partial charge is 0.401 e. The normalized spacial score (nSPS) is 11.2. The summed E-state index contributed by atoms with van der Waals surface area (Å²) in [7, 11) is 0. The van der Waals surface area contributed by atoms with Crippen molar-refractivity contribution in [3.63, 3.8) is 0 Å². The second-order valence-electron chi connectivity index (χ2n) is 6.80. The molecule has 3 heterocycles. The summed E-state index contributed by atoms with van der Waals surface area (Å²) in [6.07, 6.45) is 3.25. The van der Waals surface area contributed by atoms with Gasteiger partial charge in [-0.2, -0.15) is 0 Å². The van der Waals surface area contributed by atoms with Crippen LogP contribution in [-0.4, -0.2) is 19.5 Å². The molecule has 9 heteroatoms. The number of nitrogens with two attached hydrogens (primary N) is 3. The van der Waals surface area contributed by atoms with Crippen LogP contribution in [0.5, 0.6) is 0 Å². The van der Waals surface area contributed by atoms with E-state index in [1.54, 1.807) is 25.4 Å². The average Bonchev–Trinajstić information content (AvgIpc) is 3.18. The van der Waals surface area contributed by atoms with Gasteiger partial charge in [0.2, 0.25) is 0 Å². The first-order chi connectivity index (χ1) is 15.5. The van der Waals surface area contributed by atoms with Gasteiger partial charge in [-0.05, 0) is 48.9 Å². The van der Waals surface area contributed by atoms with Crippen LogP contribution in [-0.2, 0) is 5.88 Å².